The van der Waals surface area contributed by atoms with Crippen LogP contribution >= 0.6 is 0 Å². The third kappa shape index (κ3) is 3.41. The fourth-order valence-corrected chi connectivity index (χ4v) is 2.26. The van der Waals surface area contributed by atoms with Gasteiger partial charge in [0.15, 0.2) is 5.82 Å². The maximum Gasteiger partial charge on any atom is 0.256 e. The number of carbonyl (C=O) groups excluding carboxylic acids is 1. The SMILES string of the molecule is Cc1cccc(C(=O)Nc2ccn(Cc3ccccc3)n2)c1. The van der Waals surface area contributed by atoms with Crippen molar-refractivity contribution in [3.05, 3.63) is 83.6 Å². The van der Waals surface area contributed by atoms with Gasteiger partial charge in [-0.2, -0.15) is 5.10 Å². The molecule has 1 heterocycles. The largest absolute Gasteiger partial charge is 0.305 e. The number of carbonyl (C=O) groups is 1. The second-order valence-electron chi connectivity index (χ2n) is 5.21. The van der Waals surface area contributed by atoms with Crippen LogP contribution in [0.15, 0.2) is 66.9 Å². The Labute approximate surface area is 129 Å². The summed E-state index contributed by atoms with van der Waals surface area (Å²) in [5.74, 6) is 0.413. The molecule has 1 amide bonds. The molecule has 0 aliphatic rings. The molecule has 4 heteroatoms. The van der Waals surface area contributed by atoms with Gasteiger partial charge in [-0.3, -0.25) is 9.48 Å². The molecule has 3 rings (SSSR count). The number of amides is 1. The van der Waals surface area contributed by atoms with E-state index in [1.807, 2.05) is 61.7 Å². The highest BCUT2D eigenvalue weighted by molar-refractivity contribution is 6.03. The lowest BCUT2D eigenvalue weighted by atomic mass is 10.1. The predicted octanol–water partition coefficient (Wildman–Crippen LogP) is 3.49. The summed E-state index contributed by atoms with van der Waals surface area (Å²) in [7, 11) is 0. The monoisotopic (exact) mass is 291 g/mol. The van der Waals surface area contributed by atoms with Crippen LogP contribution in [0.4, 0.5) is 5.82 Å². The summed E-state index contributed by atoms with van der Waals surface area (Å²) < 4.78 is 1.81. The second kappa shape index (κ2) is 6.26. The molecule has 0 bridgehead atoms. The highest BCUT2D eigenvalue weighted by Crippen LogP contribution is 2.10. The van der Waals surface area contributed by atoms with Gasteiger partial charge in [-0.25, -0.2) is 0 Å². The van der Waals surface area contributed by atoms with Crippen LogP contribution < -0.4 is 5.32 Å². The van der Waals surface area contributed by atoms with Gasteiger partial charge in [0.05, 0.1) is 6.54 Å². The van der Waals surface area contributed by atoms with E-state index in [9.17, 15) is 4.79 Å². The van der Waals surface area contributed by atoms with E-state index in [-0.39, 0.29) is 5.91 Å². The van der Waals surface area contributed by atoms with Gasteiger partial charge in [-0.15, -0.1) is 0 Å². The Morgan fingerprint density at radius 2 is 1.91 bits per heavy atom. The van der Waals surface area contributed by atoms with Gasteiger partial charge in [0.2, 0.25) is 0 Å². The fourth-order valence-electron chi connectivity index (χ4n) is 2.26. The topological polar surface area (TPSA) is 46.9 Å². The smallest absolute Gasteiger partial charge is 0.256 e. The first-order valence-electron chi connectivity index (χ1n) is 7.16. The molecule has 0 fully saturated rings. The summed E-state index contributed by atoms with van der Waals surface area (Å²) in [6.45, 7) is 2.65. The highest BCUT2D eigenvalue weighted by Gasteiger charge is 2.08. The zero-order valence-electron chi connectivity index (χ0n) is 12.4. The van der Waals surface area contributed by atoms with Crippen molar-refractivity contribution in [2.45, 2.75) is 13.5 Å². The number of benzene rings is 2. The number of hydrogen-bond donors (Lipinski definition) is 1. The number of rotatable bonds is 4. The number of anilines is 1. The van der Waals surface area contributed by atoms with E-state index in [1.54, 1.807) is 16.8 Å². The van der Waals surface area contributed by atoms with Crippen molar-refractivity contribution in [3.63, 3.8) is 0 Å². The van der Waals surface area contributed by atoms with Crippen molar-refractivity contribution in [3.8, 4) is 0 Å². The van der Waals surface area contributed by atoms with Crippen molar-refractivity contribution in [2.75, 3.05) is 5.32 Å². The van der Waals surface area contributed by atoms with Gasteiger partial charge < -0.3 is 5.32 Å². The molecule has 4 nitrogen and oxygen atoms in total. The lowest BCUT2D eigenvalue weighted by Gasteiger charge is -2.04. The first-order chi connectivity index (χ1) is 10.7. The third-order valence-corrected chi connectivity index (χ3v) is 3.35. The predicted molar refractivity (Wildman–Crippen MR) is 86.9 cm³/mol. The van der Waals surface area contributed by atoms with Gasteiger partial charge >= 0.3 is 0 Å². The molecule has 0 spiro atoms. The number of nitrogens with one attached hydrogen (secondary N) is 1. The molecular weight excluding hydrogens is 274 g/mol. The van der Waals surface area contributed by atoms with Crippen molar-refractivity contribution in [1.29, 1.82) is 0 Å². The van der Waals surface area contributed by atoms with E-state index in [2.05, 4.69) is 10.4 Å². The van der Waals surface area contributed by atoms with Crippen LogP contribution in [0.1, 0.15) is 21.5 Å². The number of aryl methyl sites for hydroxylation is 1. The molecule has 0 unspecified atom stereocenters. The first kappa shape index (κ1) is 14.1. The number of aromatic nitrogens is 2. The molecular formula is C18H17N3O. The maximum atomic E-state index is 12.2. The van der Waals surface area contributed by atoms with Crippen molar-refractivity contribution < 1.29 is 4.79 Å². The molecule has 22 heavy (non-hydrogen) atoms. The summed E-state index contributed by atoms with van der Waals surface area (Å²) in [4.78, 5) is 12.2. The van der Waals surface area contributed by atoms with Gasteiger partial charge in [0.1, 0.15) is 0 Å². The van der Waals surface area contributed by atoms with Crippen LogP contribution in [0.5, 0.6) is 0 Å². The van der Waals surface area contributed by atoms with Crippen LogP contribution in [-0.4, -0.2) is 15.7 Å². The second-order valence-corrected chi connectivity index (χ2v) is 5.21. The van der Waals surface area contributed by atoms with Crippen LogP contribution in [0.25, 0.3) is 0 Å². The minimum absolute atomic E-state index is 0.145. The molecule has 0 radical (unpaired) electrons. The Morgan fingerprint density at radius 3 is 2.68 bits per heavy atom. The Morgan fingerprint density at radius 1 is 1.09 bits per heavy atom. The molecule has 0 aliphatic heterocycles. The minimum atomic E-state index is -0.145. The van der Waals surface area contributed by atoms with E-state index >= 15 is 0 Å². The lowest BCUT2D eigenvalue weighted by Crippen LogP contribution is -2.13. The molecule has 110 valence electrons. The molecule has 3 aromatic rings. The van der Waals surface area contributed by atoms with Crippen molar-refractivity contribution in [2.24, 2.45) is 0 Å². The van der Waals surface area contributed by atoms with E-state index < -0.39 is 0 Å². The molecule has 2 aromatic carbocycles. The van der Waals surface area contributed by atoms with E-state index in [4.69, 9.17) is 0 Å². The lowest BCUT2D eigenvalue weighted by molar-refractivity contribution is 0.102. The van der Waals surface area contributed by atoms with Gasteiger partial charge in [0, 0.05) is 17.8 Å². The highest BCUT2D eigenvalue weighted by atomic mass is 16.1. The molecule has 0 atom stereocenters. The van der Waals surface area contributed by atoms with Gasteiger partial charge in [0.25, 0.3) is 5.91 Å². The molecule has 0 saturated heterocycles. The van der Waals surface area contributed by atoms with Gasteiger partial charge in [-0.1, -0.05) is 48.0 Å². The number of hydrogen-bond acceptors (Lipinski definition) is 2. The third-order valence-electron chi connectivity index (χ3n) is 3.35. The first-order valence-corrected chi connectivity index (χ1v) is 7.16. The summed E-state index contributed by atoms with van der Waals surface area (Å²) >= 11 is 0. The molecule has 1 aromatic heterocycles. The van der Waals surface area contributed by atoms with Crippen LogP contribution in [-0.2, 0) is 6.54 Å². The normalized spacial score (nSPS) is 10.4. The maximum absolute atomic E-state index is 12.2. The quantitative estimate of drug-likeness (QED) is 0.800. The van der Waals surface area contributed by atoms with Crippen LogP contribution in [0.3, 0.4) is 0 Å². The summed E-state index contributed by atoms with van der Waals surface area (Å²) in [6.07, 6.45) is 1.86. The molecule has 0 saturated carbocycles. The van der Waals surface area contributed by atoms with Gasteiger partial charge in [-0.05, 0) is 24.6 Å². The zero-order chi connectivity index (χ0) is 15.4. The Hall–Kier alpha value is -2.88. The fraction of sp³-hybridized carbons (Fsp3) is 0.111. The minimum Gasteiger partial charge on any atom is -0.305 e. The Bertz CT molecular complexity index is 778. The van der Waals surface area contributed by atoms with E-state index in [0.717, 1.165) is 5.56 Å². The summed E-state index contributed by atoms with van der Waals surface area (Å²) in [5, 5.41) is 7.20. The summed E-state index contributed by atoms with van der Waals surface area (Å²) in [5.41, 5.74) is 2.86. The molecule has 0 aliphatic carbocycles. The Balaban J connectivity index is 1.68. The van der Waals surface area contributed by atoms with Crippen molar-refractivity contribution >= 4 is 11.7 Å². The summed E-state index contributed by atoms with van der Waals surface area (Å²) in [6, 6.07) is 19.4. The average Bonchev–Trinajstić information content (AvgIpc) is 2.95. The number of nitrogens with zero attached hydrogens (tertiary/aromatic N) is 2. The standard InChI is InChI=1S/C18H17N3O/c1-14-6-5-9-16(12-14)18(22)19-17-10-11-21(20-17)13-15-7-3-2-4-8-15/h2-12H,13H2,1H3,(H,19,20,22). The average molecular weight is 291 g/mol. The van der Waals surface area contributed by atoms with Crippen molar-refractivity contribution in [1.82, 2.24) is 9.78 Å². The van der Waals surface area contributed by atoms with E-state index in [1.165, 1.54) is 5.56 Å². The zero-order valence-corrected chi connectivity index (χ0v) is 12.4. The van der Waals surface area contributed by atoms with Crippen LogP contribution in [0.2, 0.25) is 0 Å². The Kier molecular flexibility index (Phi) is 4.01. The van der Waals surface area contributed by atoms with Crippen LogP contribution in [0, 0.1) is 6.92 Å². The van der Waals surface area contributed by atoms with E-state index in [0.29, 0.717) is 17.9 Å². The molecule has 1 N–H and O–H groups in total.